The third kappa shape index (κ3) is 3.37. The van der Waals surface area contributed by atoms with Crippen LogP contribution in [0.2, 0.25) is 0 Å². The highest BCUT2D eigenvalue weighted by Crippen LogP contribution is 2.66. The largest absolute Gasteiger partial charge is 0.493 e. The van der Waals surface area contributed by atoms with Gasteiger partial charge in [-0.1, -0.05) is 27.7 Å². The summed E-state index contributed by atoms with van der Waals surface area (Å²) >= 11 is 0. The van der Waals surface area contributed by atoms with Crippen molar-refractivity contribution in [1.29, 1.82) is 0 Å². The van der Waals surface area contributed by atoms with Crippen molar-refractivity contribution < 1.29 is 14.2 Å². The number of pyridine rings is 1. The van der Waals surface area contributed by atoms with Crippen molar-refractivity contribution >= 4 is 0 Å². The fraction of sp³-hybridized carbons (Fsp3) is 0.792. The summed E-state index contributed by atoms with van der Waals surface area (Å²) in [6, 6.07) is 3.89. The zero-order chi connectivity index (χ0) is 20.0. The molecule has 0 bridgehead atoms. The summed E-state index contributed by atoms with van der Waals surface area (Å²) < 4.78 is 18.4. The maximum Gasteiger partial charge on any atom is 0.155 e. The summed E-state index contributed by atoms with van der Waals surface area (Å²) in [6.45, 7) is 13.6. The summed E-state index contributed by atoms with van der Waals surface area (Å²) in [5.41, 5.74) is 0.766. The van der Waals surface area contributed by atoms with Crippen LogP contribution in [0.3, 0.4) is 0 Å². The smallest absolute Gasteiger partial charge is 0.155 e. The van der Waals surface area contributed by atoms with Crippen molar-refractivity contribution in [2.45, 2.75) is 79.1 Å². The molecule has 4 heteroatoms. The highest BCUT2D eigenvalue weighted by Gasteiger charge is 2.62. The lowest BCUT2D eigenvalue weighted by atomic mass is 9.42. The molecule has 1 aromatic heterocycles. The number of aromatic nitrogens is 1. The minimum Gasteiger partial charge on any atom is -0.493 e. The Hall–Kier alpha value is -1.13. The highest BCUT2D eigenvalue weighted by molar-refractivity contribution is 5.17. The molecule has 156 valence electrons. The van der Waals surface area contributed by atoms with Gasteiger partial charge >= 0.3 is 0 Å². The Morgan fingerprint density at radius 1 is 1.07 bits per heavy atom. The van der Waals surface area contributed by atoms with Crippen molar-refractivity contribution in [3.8, 4) is 5.75 Å². The van der Waals surface area contributed by atoms with Gasteiger partial charge in [0.2, 0.25) is 0 Å². The summed E-state index contributed by atoms with van der Waals surface area (Å²) in [6.07, 6.45) is 9.90. The van der Waals surface area contributed by atoms with Gasteiger partial charge in [0.25, 0.3) is 0 Å². The summed E-state index contributed by atoms with van der Waals surface area (Å²) in [5.74, 6) is 2.20. The first-order valence-electron chi connectivity index (χ1n) is 11.1. The number of fused-ring (bicyclic) bond motifs is 3. The highest BCUT2D eigenvalue weighted by atomic mass is 16.7. The molecule has 0 N–H and O–H groups in total. The third-order valence-corrected chi connectivity index (χ3v) is 8.40. The Morgan fingerprint density at radius 2 is 1.82 bits per heavy atom. The first kappa shape index (κ1) is 20.2. The number of rotatable bonds is 4. The molecular weight excluding hydrogens is 350 g/mol. The molecule has 6 atom stereocenters. The lowest BCUT2D eigenvalue weighted by molar-refractivity contribution is -0.305. The Balaban J connectivity index is 1.53. The van der Waals surface area contributed by atoms with Crippen LogP contribution in [0, 0.1) is 28.1 Å². The molecule has 1 unspecified atom stereocenters. The molecular formula is C24H37NO3. The fourth-order valence-corrected chi connectivity index (χ4v) is 7.02. The monoisotopic (exact) mass is 387 g/mol. The first-order valence-corrected chi connectivity index (χ1v) is 11.1. The van der Waals surface area contributed by atoms with Gasteiger partial charge in [-0.2, -0.15) is 0 Å². The molecule has 3 fully saturated rings. The van der Waals surface area contributed by atoms with E-state index in [2.05, 4.69) is 32.7 Å². The Morgan fingerprint density at radius 3 is 2.57 bits per heavy atom. The van der Waals surface area contributed by atoms with Gasteiger partial charge in [0.15, 0.2) is 6.29 Å². The van der Waals surface area contributed by atoms with Crippen LogP contribution in [-0.4, -0.2) is 30.6 Å². The molecule has 1 aromatic rings. The van der Waals surface area contributed by atoms with E-state index in [1.54, 1.807) is 12.4 Å². The van der Waals surface area contributed by atoms with E-state index >= 15 is 0 Å². The molecule has 3 aliphatic rings. The number of nitrogens with zero attached hydrogens (tertiary/aromatic N) is 1. The van der Waals surface area contributed by atoms with Crippen LogP contribution in [0.25, 0.3) is 0 Å². The predicted molar refractivity (Wildman–Crippen MR) is 110 cm³/mol. The quantitative estimate of drug-likeness (QED) is 0.687. The summed E-state index contributed by atoms with van der Waals surface area (Å²) in [4.78, 5) is 4.08. The molecule has 0 radical (unpaired) electrons. The van der Waals surface area contributed by atoms with E-state index in [1.807, 2.05) is 19.1 Å². The van der Waals surface area contributed by atoms with E-state index < -0.39 is 0 Å². The standard InChI is InChI=1S/C24H37NO3/c1-17-27-16-24(5)20-6-11-22(2,3)19(23(20,4)12-7-21(24)28-17)10-15-26-18-8-13-25-14-9-18/h8-9,13-14,17,19-21H,6-7,10-12,15-16H2,1-5H3/t17-,19-,20?,21-,23+,24+/m1/s1. The predicted octanol–water partition coefficient (Wildman–Crippen LogP) is 5.47. The van der Waals surface area contributed by atoms with Crippen LogP contribution in [0.1, 0.15) is 66.7 Å². The van der Waals surface area contributed by atoms with E-state index in [0.29, 0.717) is 28.8 Å². The molecule has 4 rings (SSSR count). The second kappa shape index (κ2) is 7.28. The number of hydrogen-bond donors (Lipinski definition) is 0. The molecule has 0 spiro atoms. The van der Waals surface area contributed by atoms with E-state index in [0.717, 1.165) is 31.8 Å². The molecule has 1 aliphatic heterocycles. The molecule has 1 saturated heterocycles. The number of ether oxygens (including phenoxy) is 3. The number of hydrogen-bond acceptors (Lipinski definition) is 4. The molecule has 2 aliphatic carbocycles. The Bertz CT molecular complexity index is 678. The van der Waals surface area contributed by atoms with E-state index in [9.17, 15) is 0 Å². The molecule has 0 amide bonds. The van der Waals surface area contributed by atoms with Gasteiger partial charge in [-0.15, -0.1) is 0 Å². The van der Waals surface area contributed by atoms with E-state index in [4.69, 9.17) is 14.2 Å². The zero-order valence-corrected chi connectivity index (χ0v) is 18.2. The molecule has 4 nitrogen and oxygen atoms in total. The normalized spacial score (nSPS) is 42.3. The van der Waals surface area contributed by atoms with Gasteiger partial charge < -0.3 is 14.2 Å². The van der Waals surface area contributed by atoms with Crippen LogP contribution in [-0.2, 0) is 9.47 Å². The van der Waals surface area contributed by atoms with Gasteiger partial charge in [0, 0.05) is 17.8 Å². The first-order chi connectivity index (χ1) is 13.3. The molecule has 2 saturated carbocycles. The van der Waals surface area contributed by atoms with Crippen molar-refractivity contribution in [3.63, 3.8) is 0 Å². The van der Waals surface area contributed by atoms with Gasteiger partial charge in [-0.3, -0.25) is 4.98 Å². The van der Waals surface area contributed by atoms with Gasteiger partial charge in [-0.25, -0.2) is 0 Å². The maximum atomic E-state index is 6.26. The van der Waals surface area contributed by atoms with Crippen molar-refractivity contribution in [1.82, 2.24) is 4.98 Å². The second-order valence-corrected chi connectivity index (χ2v) is 10.5. The summed E-state index contributed by atoms with van der Waals surface area (Å²) in [7, 11) is 0. The van der Waals surface area contributed by atoms with Crippen molar-refractivity contribution in [3.05, 3.63) is 24.5 Å². The zero-order valence-electron chi connectivity index (χ0n) is 18.2. The van der Waals surface area contributed by atoms with Crippen molar-refractivity contribution in [2.24, 2.45) is 28.1 Å². The SMILES string of the molecule is C[C@@H]1OC[C@@]2(C)C3CCC(C)(C)[C@@H](CCOc4ccncc4)[C@]3(C)CC[C@H]2O1. The van der Waals surface area contributed by atoms with Gasteiger partial charge in [0.05, 0.1) is 19.3 Å². The van der Waals surface area contributed by atoms with Gasteiger partial charge in [0.1, 0.15) is 5.75 Å². The van der Waals surface area contributed by atoms with Crippen LogP contribution < -0.4 is 4.74 Å². The second-order valence-electron chi connectivity index (χ2n) is 10.5. The lowest BCUT2D eigenvalue weighted by Gasteiger charge is -2.65. The van der Waals surface area contributed by atoms with Crippen LogP contribution in [0.4, 0.5) is 0 Å². The fourth-order valence-electron chi connectivity index (χ4n) is 7.02. The molecule has 2 heterocycles. The molecule has 0 aromatic carbocycles. The van der Waals surface area contributed by atoms with Gasteiger partial charge in [-0.05, 0) is 73.8 Å². The summed E-state index contributed by atoms with van der Waals surface area (Å²) in [5, 5.41) is 0. The lowest BCUT2D eigenvalue weighted by Crippen LogP contribution is -2.63. The Labute approximate surface area is 170 Å². The molecule has 28 heavy (non-hydrogen) atoms. The minimum absolute atomic E-state index is 0.0629. The third-order valence-electron chi connectivity index (χ3n) is 8.40. The average Bonchev–Trinajstić information content (AvgIpc) is 2.65. The van der Waals surface area contributed by atoms with Crippen LogP contribution in [0.15, 0.2) is 24.5 Å². The van der Waals surface area contributed by atoms with E-state index in [-0.39, 0.29) is 11.7 Å². The van der Waals surface area contributed by atoms with Crippen LogP contribution in [0.5, 0.6) is 5.75 Å². The minimum atomic E-state index is -0.0629. The topological polar surface area (TPSA) is 40.6 Å². The Kier molecular flexibility index (Phi) is 5.24. The van der Waals surface area contributed by atoms with E-state index in [1.165, 1.54) is 19.3 Å². The van der Waals surface area contributed by atoms with Crippen molar-refractivity contribution in [2.75, 3.05) is 13.2 Å². The average molecular weight is 388 g/mol. The van der Waals surface area contributed by atoms with Crippen LogP contribution >= 0.6 is 0 Å². The maximum absolute atomic E-state index is 6.26.